The smallest absolute Gasteiger partial charge is 0.320 e. The predicted molar refractivity (Wildman–Crippen MR) is 134 cm³/mol. The van der Waals surface area contributed by atoms with Crippen LogP contribution in [0.1, 0.15) is 50.8 Å². The number of rotatable bonds is 5. The number of esters is 1. The molecule has 174 valence electrons. The molecule has 0 spiro atoms. The lowest BCUT2D eigenvalue weighted by molar-refractivity contribution is -0.144. The monoisotopic (exact) mass is 467 g/mol. The molecule has 2 heterocycles. The first kappa shape index (κ1) is 23.4. The van der Waals surface area contributed by atoms with Crippen LogP contribution in [0.5, 0.6) is 5.75 Å². The molecule has 4 rings (SSSR count). The Morgan fingerprint density at radius 1 is 1.21 bits per heavy atom. The minimum absolute atomic E-state index is 0.127. The highest BCUT2D eigenvalue weighted by Crippen LogP contribution is 2.45. The molecule has 0 aliphatic carbocycles. The predicted octanol–water partition coefficient (Wildman–Crippen LogP) is 6.87. The van der Waals surface area contributed by atoms with Crippen LogP contribution in [0, 0.1) is 12.7 Å². The largest absolute Gasteiger partial charge is 0.496 e. The summed E-state index contributed by atoms with van der Waals surface area (Å²) in [6.45, 7) is 10.5. The number of thioether (sulfide) groups is 1. The zero-order valence-electron chi connectivity index (χ0n) is 20.0. The lowest BCUT2D eigenvalue weighted by atomic mass is 9.83. The topological polar surface area (TPSA) is 47.6 Å². The molecular formula is C27H30FNO3S. The fraction of sp³-hybridized carbons (Fsp3) is 0.370. The van der Waals surface area contributed by atoms with Crippen molar-refractivity contribution >= 4 is 29.0 Å². The van der Waals surface area contributed by atoms with Crippen molar-refractivity contribution < 1.29 is 18.7 Å². The van der Waals surface area contributed by atoms with E-state index in [1.807, 2.05) is 13.8 Å². The molecule has 0 fully saturated rings. The second-order valence-electron chi connectivity index (χ2n) is 9.25. The third-order valence-corrected chi connectivity index (χ3v) is 7.27. The Balaban J connectivity index is 1.83. The number of benzene rings is 2. The van der Waals surface area contributed by atoms with Gasteiger partial charge in [-0.1, -0.05) is 12.2 Å². The van der Waals surface area contributed by atoms with Crippen molar-refractivity contribution in [2.24, 2.45) is 0 Å². The van der Waals surface area contributed by atoms with E-state index in [9.17, 15) is 9.18 Å². The number of hydrogen-bond donors (Lipinski definition) is 1. The van der Waals surface area contributed by atoms with E-state index >= 15 is 0 Å². The minimum atomic E-state index is -0.361. The number of fused-ring (bicyclic) bond motifs is 1. The molecule has 2 aliphatic heterocycles. The third-order valence-electron chi connectivity index (χ3n) is 6.06. The van der Waals surface area contributed by atoms with Crippen LogP contribution >= 0.6 is 11.8 Å². The normalized spacial score (nSPS) is 18.7. The van der Waals surface area contributed by atoms with Gasteiger partial charge in [-0.15, -0.1) is 11.8 Å². The molecule has 0 radical (unpaired) electrons. The van der Waals surface area contributed by atoms with Crippen molar-refractivity contribution in [3.63, 3.8) is 0 Å². The van der Waals surface area contributed by atoms with Gasteiger partial charge in [0.05, 0.1) is 12.6 Å². The fourth-order valence-corrected chi connectivity index (χ4v) is 5.80. The zero-order chi connectivity index (χ0) is 23.9. The molecule has 0 bridgehead atoms. The van der Waals surface area contributed by atoms with Crippen molar-refractivity contribution in [1.82, 2.24) is 0 Å². The second-order valence-corrected chi connectivity index (χ2v) is 10.7. The second kappa shape index (κ2) is 8.90. The van der Waals surface area contributed by atoms with Crippen LogP contribution in [0.25, 0.3) is 16.7 Å². The summed E-state index contributed by atoms with van der Waals surface area (Å²) >= 11 is 1.55. The number of methoxy groups -OCH3 is 1. The maximum absolute atomic E-state index is 14.0. The van der Waals surface area contributed by atoms with E-state index in [0.717, 1.165) is 44.0 Å². The van der Waals surface area contributed by atoms with Gasteiger partial charge in [0.2, 0.25) is 0 Å². The molecule has 0 amide bonds. The van der Waals surface area contributed by atoms with Gasteiger partial charge in [0.15, 0.2) is 0 Å². The summed E-state index contributed by atoms with van der Waals surface area (Å²) in [6.07, 6.45) is 4.94. The summed E-state index contributed by atoms with van der Waals surface area (Å²) in [4.78, 5) is 14.0. The van der Waals surface area contributed by atoms with Crippen molar-refractivity contribution in [3.8, 4) is 16.9 Å². The van der Waals surface area contributed by atoms with Gasteiger partial charge in [-0.2, -0.15) is 0 Å². The molecule has 4 nitrogen and oxygen atoms in total. The number of aryl methyl sites for hydroxylation is 1. The van der Waals surface area contributed by atoms with Crippen LogP contribution in [-0.4, -0.2) is 23.9 Å². The molecule has 6 heteroatoms. The Morgan fingerprint density at radius 2 is 1.97 bits per heavy atom. The average Bonchev–Trinajstić information content (AvgIpc) is 3.17. The van der Waals surface area contributed by atoms with Gasteiger partial charge in [-0.25, -0.2) is 4.39 Å². The average molecular weight is 468 g/mol. The molecule has 1 unspecified atom stereocenters. The molecule has 33 heavy (non-hydrogen) atoms. The van der Waals surface area contributed by atoms with Gasteiger partial charge in [0, 0.05) is 28.4 Å². The molecule has 0 aromatic heterocycles. The molecule has 2 aromatic carbocycles. The summed E-state index contributed by atoms with van der Waals surface area (Å²) < 4.78 is 25.4. The summed E-state index contributed by atoms with van der Waals surface area (Å²) in [5, 5.41) is 3.39. The summed E-state index contributed by atoms with van der Waals surface area (Å²) in [7, 11) is 1.54. The first-order valence-corrected chi connectivity index (χ1v) is 12.0. The minimum Gasteiger partial charge on any atom is -0.496 e. The summed E-state index contributed by atoms with van der Waals surface area (Å²) in [5.74, 6) is -0.131. The van der Waals surface area contributed by atoms with Crippen molar-refractivity contribution in [1.29, 1.82) is 0 Å². The fourth-order valence-electron chi connectivity index (χ4n) is 4.80. The van der Waals surface area contributed by atoms with E-state index in [0.29, 0.717) is 12.2 Å². The van der Waals surface area contributed by atoms with Crippen molar-refractivity contribution in [2.45, 2.75) is 58.4 Å². The van der Waals surface area contributed by atoms with E-state index in [2.05, 4.69) is 44.3 Å². The molecule has 2 aromatic rings. The van der Waals surface area contributed by atoms with E-state index in [1.54, 1.807) is 17.8 Å². The van der Waals surface area contributed by atoms with Gasteiger partial charge >= 0.3 is 5.97 Å². The Bertz CT molecular complexity index is 1180. The van der Waals surface area contributed by atoms with E-state index in [4.69, 9.17) is 9.47 Å². The van der Waals surface area contributed by atoms with Gasteiger partial charge in [0.1, 0.15) is 23.4 Å². The van der Waals surface area contributed by atoms with E-state index in [-0.39, 0.29) is 29.2 Å². The molecule has 0 saturated carbocycles. The Hall–Kier alpha value is -2.73. The van der Waals surface area contributed by atoms with E-state index < -0.39 is 0 Å². The van der Waals surface area contributed by atoms with Gasteiger partial charge in [0.25, 0.3) is 0 Å². The number of ether oxygens (including phenoxy) is 2. The number of nitrogens with one attached hydrogen (secondary N) is 1. The van der Waals surface area contributed by atoms with Crippen molar-refractivity contribution in [3.05, 3.63) is 63.8 Å². The molecule has 1 N–H and O–H groups in total. The first-order valence-electron chi connectivity index (χ1n) is 11.1. The van der Waals surface area contributed by atoms with Crippen LogP contribution in [0.2, 0.25) is 0 Å². The molecule has 0 saturated heterocycles. The third kappa shape index (κ3) is 4.67. The highest BCUT2D eigenvalue weighted by molar-refractivity contribution is 8.04. The summed E-state index contributed by atoms with van der Waals surface area (Å²) in [6, 6.07) is 6.66. The lowest BCUT2D eigenvalue weighted by Gasteiger charge is -2.34. The Labute approximate surface area is 199 Å². The number of carbonyl (C=O) groups excluding carboxylic acids is 1. The number of allylic oxidation sites excluding steroid dienone is 3. The standard InChI is InChI=1S/C27H30FNO3S/c1-15-11-21-25(16(2)13-27(4,5)29-21)20(14-32-26(30)23-10-7-17(3)33-23)24(15)19-9-8-18(28)12-22(19)31-6/h7-9,11-13,23,29H,10,14H2,1-6H3. The first-order chi connectivity index (χ1) is 15.6. The number of anilines is 1. The lowest BCUT2D eigenvalue weighted by Crippen LogP contribution is -2.32. The van der Waals surface area contributed by atoms with Crippen LogP contribution in [0.3, 0.4) is 0 Å². The SMILES string of the molecule is COc1cc(F)ccc1-c1c(C)cc2c(c1COC(=O)C1CC=C(C)S1)C(C)=CC(C)(C)N2. The van der Waals surface area contributed by atoms with Crippen molar-refractivity contribution in [2.75, 3.05) is 12.4 Å². The van der Waals surface area contributed by atoms with Crippen LogP contribution in [-0.2, 0) is 16.1 Å². The number of hydrogen-bond acceptors (Lipinski definition) is 5. The number of halogens is 1. The van der Waals surface area contributed by atoms with E-state index in [1.165, 1.54) is 19.2 Å². The highest BCUT2D eigenvalue weighted by atomic mass is 32.2. The summed E-state index contributed by atoms with van der Waals surface area (Å²) in [5.41, 5.74) is 6.49. The molecular weight excluding hydrogens is 437 g/mol. The Morgan fingerprint density at radius 3 is 2.64 bits per heavy atom. The van der Waals surface area contributed by atoms with Crippen LogP contribution < -0.4 is 10.1 Å². The van der Waals surface area contributed by atoms with Gasteiger partial charge in [-0.3, -0.25) is 4.79 Å². The maximum Gasteiger partial charge on any atom is 0.320 e. The highest BCUT2D eigenvalue weighted by Gasteiger charge is 2.30. The van der Waals surface area contributed by atoms with Crippen LogP contribution in [0.4, 0.5) is 10.1 Å². The molecule has 2 aliphatic rings. The van der Waals surface area contributed by atoms with Gasteiger partial charge in [-0.05, 0) is 80.8 Å². The Kier molecular flexibility index (Phi) is 6.32. The van der Waals surface area contributed by atoms with Gasteiger partial charge < -0.3 is 14.8 Å². The quantitative estimate of drug-likeness (QED) is 0.486. The number of carbonyl (C=O) groups is 1. The molecule has 1 atom stereocenters. The zero-order valence-corrected chi connectivity index (χ0v) is 20.8. The van der Waals surface area contributed by atoms with Crippen LogP contribution in [0.15, 0.2) is 41.3 Å². The maximum atomic E-state index is 14.0.